The fourth-order valence-corrected chi connectivity index (χ4v) is 5.94. The molecule has 0 radical (unpaired) electrons. The van der Waals surface area contributed by atoms with E-state index < -0.39 is 10.0 Å². The number of sulfonamides is 1. The van der Waals surface area contributed by atoms with Gasteiger partial charge in [0.15, 0.2) is 0 Å². The van der Waals surface area contributed by atoms with Crippen molar-refractivity contribution in [3.8, 4) is 0 Å². The van der Waals surface area contributed by atoms with Crippen LogP contribution in [0.5, 0.6) is 0 Å². The van der Waals surface area contributed by atoms with Gasteiger partial charge < -0.3 is 9.47 Å². The summed E-state index contributed by atoms with van der Waals surface area (Å²) in [6.07, 6.45) is 7.38. The minimum absolute atomic E-state index is 0.0426. The van der Waals surface area contributed by atoms with Crippen LogP contribution in [0.3, 0.4) is 0 Å². The van der Waals surface area contributed by atoms with Crippen molar-refractivity contribution in [3.05, 3.63) is 30.0 Å². The first-order chi connectivity index (χ1) is 13.5. The van der Waals surface area contributed by atoms with Crippen LogP contribution in [0, 0.1) is 0 Å². The number of nitrogens with zero attached hydrogens (tertiary/aromatic N) is 3. The Balaban J connectivity index is 1.66. The number of benzene rings is 1. The third kappa shape index (κ3) is 3.57. The van der Waals surface area contributed by atoms with Gasteiger partial charge in [0.05, 0.1) is 4.90 Å². The molecule has 0 unspecified atom stereocenters. The van der Waals surface area contributed by atoms with Gasteiger partial charge in [-0.05, 0) is 49.9 Å². The van der Waals surface area contributed by atoms with E-state index in [0.29, 0.717) is 23.7 Å². The third-order valence-corrected chi connectivity index (χ3v) is 7.97. The molecule has 1 aromatic carbocycles. The van der Waals surface area contributed by atoms with Crippen molar-refractivity contribution in [2.45, 2.75) is 49.8 Å². The topological polar surface area (TPSA) is 62.6 Å². The number of hydrogen-bond donors (Lipinski definition) is 0. The van der Waals surface area contributed by atoms with E-state index in [4.69, 9.17) is 0 Å². The molecule has 1 amide bonds. The fourth-order valence-electron chi connectivity index (χ4n) is 4.38. The van der Waals surface area contributed by atoms with Crippen LogP contribution >= 0.6 is 0 Å². The molecule has 0 N–H and O–H groups in total. The summed E-state index contributed by atoms with van der Waals surface area (Å²) in [5.41, 5.74) is 1.51. The van der Waals surface area contributed by atoms with Crippen molar-refractivity contribution in [2.75, 3.05) is 26.2 Å². The summed E-state index contributed by atoms with van der Waals surface area (Å²) in [5.74, 6) is 0.0426. The number of aromatic nitrogens is 1. The lowest BCUT2D eigenvalue weighted by Crippen LogP contribution is -2.35. The number of carbonyl (C=O) groups excluding carboxylic acids is 1. The number of fused-ring (bicyclic) bond motifs is 1. The monoisotopic (exact) mass is 403 g/mol. The lowest BCUT2D eigenvalue weighted by atomic mass is 10.2. The van der Waals surface area contributed by atoms with Gasteiger partial charge >= 0.3 is 0 Å². The zero-order valence-corrected chi connectivity index (χ0v) is 17.4. The summed E-state index contributed by atoms with van der Waals surface area (Å²) < 4.78 is 29.4. The van der Waals surface area contributed by atoms with Crippen LogP contribution in [0.1, 0.15) is 55.4 Å². The van der Waals surface area contributed by atoms with Crippen molar-refractivity contribution in [3.63, 3.8) is 0 Å². The Bertz CT molecular complexity index is 966. The first-order valence-corrected chi connectivity index (χ1v) is 11.8. The van der Waals surface area contributed by atoms with E-state index in [0.717, 1.165) is 56.1 Å². The van der Waals surface area contributed by atoms with Gasteiger partial charge in [-0.2, -0.15) is 4.31 Å². The molecule has 3 heterocycles. The lowest BCUT2D eigenvalue weighted by Gasteiger charge is -2.25. The van der Waals surface area contributed by atoms with Crippen LogP contribution < -0.4 is 0 Å². The Morgan fingerprint density at radius 3 is 2.14 bits per heavy atom. The zero-order chi connectivity index (χ0) is 19.7. The number of carbonyl (C=O) groups is 1. The normalized spacial score (nSPS) is 19.7. The summed E-state index contributed by atoms with van der Waals surface area (Å²) in [7, 11) is -1.59. The van der Waals surface area contributed by atoms with Crippen LogP contribution in [-0.2, 0) is 17.1 Å². The van der Waals surface area contributed by atoms with Crippen LogP contribution in [0.15, 0.2) is 29.2 Å². The SMILES string of the molecule is Cn1c(C(=O)N2CCCCCC2)cc2cc(S(=O)(=O)N3CCCCC3)ccc21. The molecule has 4 rings (SSSR count). The standard InChI is InChI=1S/C21H29N3O3S/c1-22-19-10-9-18(28(26,27)24-13-7-4-8-14-24)15-17(19)16-20(22)21(25)23-11-5-2-3-6-12-23/h9-10,15-16H,2-8,11-14H2,1H3. The molecular weight excluding hydrogens is 374 g/mol. The molecule has 0 spiro atoms. The van der Waals surface area contributed by atoms with Gasteiger partial charge in [0.1, 0.15) is 5.69 Å². The second-order valence-electron chi connectivity index (χ2n) is 7.98. The molecule has 2 saturated heterocycles. The Hall–Kier alpha value is -1.86. The Morgan fingerprint density at radius 1 is 0.857 bits per heavy atom. The smallest absolute Gasteiger partial charge is 0.270 e. The van der Waals surface area contributed by atoms with Crippen LogP contribution in [0.2, 0.25) is 0 Å². The maximum atomic E-state index is 13.1. The van der Waals surface area contributed by atoms with Gasteiger partial charge in [-0.1, -0.05) is 19.3 Å². The van der Waals surface area contributed by atoms with Gasteiger partial charge in [0, 0.05) is 44.1 Å². The van der Waals surface area contributed by atoms with E-state index in [2.05, 4.69) is 0 Å². The predicted molar refractivity (Wildman–Crippen MR) is 110 cm³/mol. The molecule has 2 aliphatic rings. The molecule has 152 valence electrons. The summed E-state index contributed by atoms with van der Waals surface area (Å²) in [6, 6.07) is 7.06. The maximum Gasteiger partial charge on any atom is 0.270 e. The average molecular weight is 404 g/mol. The van der Waals surface area contributed by atoms with Crippen LogP contribution in [-0.4, -0.2) is 54.3 Å². The number of amides is 1. The molecule has 0 aliphatic carbocycles. The highest BCUT2D eigenvalue weighted by Crippen LogP contribution is 2.27. The van der Waals surface area contributed by atoms with E-state index in [9.17, 15) is 13.2 Å². The second-order valence-corrected chi connectivity index (χ2v) is 9.92. The largest absolute Gasteiger partial charge is 0.340 e. The second kappa shape index (κ2) is 7.87. The maximum absolute atomic E-state index is 13.1. The molecule has 0 saturated carbocycles. The Labute approximate surface area is 167 Å². The first-order valence-electron chi connectivity index (χ1n) is 10.4. The highest BCUT2D eigenvalue weighted by atomic mass is 32.2. The van der Waals surface area contributed by atoms with Gasteiger partial charge in [0.25, 0.3) is 5.91 Å². The molecule has 2 aliphatic heterocycles. The van der Waals surface area contributed by atoms with Crippen molar-refractivity contribution >= 4 is 26.8 Å². The molecule has 0 atom stereocenters. The molecule has 7 heteroatoms. The van der Waals surface area contributed by atoms with Crippen molar-refractivity contribution in [2.24, 2.45) is 7.05 Å². The molecule has 28 heavy (non-hydrogen) atoms. The van der Waals surface area contributed by atoms with Gasteiger partial charge in [-0.25, -0.2) is 8.42 Å². The van der Waals surface area contributed by atoms with Crippen molar-refractivity contribution in [1.82, 2.24) is 13.8 Å². The number of aryl methyl sites for hydroxylation is 1. The average Bonchev–Trinajstić information content (AvgIpc) is 2.89. The number of hydrogen-bond acceptors (Lipinski definition) is 3. The van der Waals surface area contributed by atoms with Gasteiger partial charge in [0.2, 0.25) is 10.0 Å². The zero-order valence-electron chi connectivity index (χ0n) is 16.6. The van der Waals surface area contributed by atoms with Crippen molar-refractivity contribution in [1.29, 1.82) is 0 Å². The van der Waals surface area contributed by atoms with E-state index >= 15 is 0 Å². The number of rotatable bonds is 3. The summed E-state index contributed by atoms with van der Waals surface area (Å²) >= 11 is 0. The molecule has 1 aromatic heterocycles. The molecular formula is C21H29N3O3S. The summed E-state index contributed by atoms with van der Waals surface area (Å²) in [4.78, 5) is 15.3. The predicted octanol–water partition coefficient (Wildman–Crippen LogP) is 3.37. The van der Waals surface area contributed by atoms with E-state index in [-0.39, 0.29) is 5.91 Å². The van der Waals surface area contributed by atoms with E-state index in [1.54, 1.807) is 16.4 Å². The first kappa shape index (κ1) is 19.5. The molecule has 2 fully saturated rings. The van der Waals surface area contributed by atoms with Crippen LogP contribution in [0.4, 0.5) is 0 Å². The Morgan fingerprint density at radius 2 is 1.46 bits per heavy atom. The van der Waals surface area contributed by atoms with Crippen molar-refractivity contribution < 1.29 is 13.2 Å². The molecule has 6 nitrogen and oxygen atoms in total. The van der Waals surface area contributed by atoms with Gasteiger partial charge in [-0.15, -0.1) is 0 Å². The number of piperidine rings is 1. The highest BCUT2D eigenvalue weighted by molar-refractivity contribution is 7.89. The third-order valence-electron chi connectivity index (χ3n) is 6.08. The van der Waals surface area contributed by atoms with E-state index in [1.807, 2.05) is 28.6 Å². The minimum atomic E-state index is -3.47. The number of likely N-dealkylation sites (tertiary alicyclic amines) is 1. The fraction of sp³-hybridized carbons (Fsp3) is 0.571. The van der Waals surface area contributed by atoms with Gasteiger partial charge in [-0.3, -0.25) is 4.79 Å². The van der Waals surface area contributed by atoms with E-state index in [1.165, 1.54) is 12.8 Å². The quantitative estimate of drug-likeness (QED) is 0.789. The summed E-state index contributed by atoms with van der Waals surface area (Å²) in [5, 5.41) is 0.804. The minimum Gasteiger partial charge on any atom is -0.340 e. The highest BCUT2D eigenvalue weighted by Gasteiger charge is 2.27. The summed E-state index contributed by atoms with van der Waals surface area (Å²) in [6.45, 7) is 2.78. The van der Waals surface area contributed by atoms with Crippen LogP contribution in [0.25, 0.3) is 10.9 Å². The molecule has 0 bridgehead atoms. The lowest BCUT2D eigenvalue weighted by molar-refractivity contribution is 0.0752. The molecule has 2 aromatic rings. The Kier molecular flexibility index (Phi) is 5.47.